The predicted octanol–water partition coefficient (Wildman–Crippen LogP) is 1.28. The van der Waals surface area contributed by atoms with Crippen molar-refractivity contribution >= 4 is 21.1 Å². The fraction of sp³-hybridized carbons (Fsp3) is 0.750. The second kappa shape index (κ2) is 6.98. The Balaban J connectivity index is 3.40. The van der Waals surface area contributed by atoms with E-state index in [1.165, 1.54) is 6.42 Å². The van der Waals surface area contributed by atoms with Gasteiger partial charge in [-0.15, -0.1) is 0 Å². The standard InChI is InChI=1S/C4H10N.C4H7O.Sn/c1-2-3-4-5;1-3-5-4-2;/h4H,2-3,5H2,1H3;1,4H2,2H3;. The summed E-state index contributed by atoms with van der Waals surface area (Å²) < 4.78 is 6.63. The van der Waals surface area contributed by atoms with Crippen LogP contribution in [0.3, 0.4) is 0 Å². The van der Waals surface area contributed by atoms with Crippen molar-refractivity contribution in [2.75, 3.05) is 6.61 Å². The summed E-state index contributed by atoms with van der Waals surface area (Å²) in [5, 5.41) is 0. The molecule has 0 saturated heterocycles. The van der Waals surface area contributed by atoms with Crippen LogP contribution in [-0.2, 0) is 4.74 Å². The molecule has 0 aromatic carbocycles. The molecular weight excluding hydrogens is 245 g/mol. The van der Waals surface area contributed by atoms with Gasteiger partial charge in [-0.3, -0.25) is 0 Å². The molecule has 2 radical (unpaired) electrons. The van der Waals surface area contributed by atoms with E-state index in [0.29, 0.717) is 4.06 Å². The summed E-state index contributed by atoms with van der Waals surface area (Å²) in [4.78, 5) is 0. The van der Waals surface area contributed by atoms with E-state index in [1.54, 1.807) is 0 Å². The van der Waals surface area contributed by atoms with Gasteiger partial charge in [-0.2, -0.15) is 0 Å². The Bertz CT molecular complexity index is 117. The molecule has 2 N–H and O–H groups in total. The molecule has 0 aliphatic carbocycles. The molecule has 0 saturated carbocycles. The van der Waals surface area contributed by atoms with Crippen LogP contribution in [0.5, 0.6) is 0 Å². The van der Waals surface area contributed by atoms with E-state index >= 15 is 0 Å². The Morgan fingerprint density at radius 1 is 1.64 bits per heavy atom. The molecular formula is C8H17NOSn. The Kier molecular flexibility index (Phi) is 7.16. The minimum atomic E-state index is -0.668. The molecule has 0 aromatic heterocycles. The number of rotatable bonds is 6. The Labute approximate surface area is 79.4 Å². The van der Waals surface area contributed by atoms with Crippen molar-refractivity contribution in [2.45, 2.75) is 30.7 Å². The third-order valence-corrected chi connectivity index (χ3v) is 4.48. The van der Waals surface area contributed by atoms with E-state index in [2.05, 4.69) is 13.5 Å². The van der Waals surface area contributed by atoms with Crippen LogP contribution in [0.25, 0.3) is 0 Å². The maximum atomic E-state index is 5.85. The van der Waals surface area contributed by atoms with Gasteiger partial charge in [0.15, 0.2) is 0 Å². The van der Waals surface area contributed by atoms with Gasteiger partial charge in [-0.1, -0.05) is 0 Å². The van der Waals surface area contributed by atoms with Crippen molar-refractivity contribution in [1.29, 1.82) is 0 Å². The van der Waals surface area contributed by atoms with Gasteiger partial charge in [0.2, 0.25) is 0 Å². The second-order valence-corrected chi connectivity index (χ2v) is 6.93. The van der Waals surface area contributed by atoms with E-state index in [-0.39, 0.29) is 0 Å². The number of nitrogens with two attached hydrogens (primary N) is 1. The zero-order valence-electron chi connectivity index (χ0n) is 7.39. The molecule has 2 nitrogen and oxygen atoms in total. The third-order valence-electron chi connectivity index (χ3n) is 1.26. The summed E-state index contributed by atoms with van der Waals surface area (Å²) in [7, 11) is 0. The molecule has 0 aliphatic rings. The van der Waals surface area contributed by atoms with Gasteiger partial charge >= 0.3 is 79.3 Å². The molecule has 1 atom stereocenters. The van der Waals surface area contributed by atoms with Gasteiger partial charge < -0.3 is 0 Å². The van der Waals surface area contributed by atoms with Gasteiger partial charge in [0.1, 0.15) is 0 Å². The van der Waals surface area contributed by atoms with Crippen molar-refractivity contribution in [3.63, 3.8) is 0 Å². The van der Waals surface area contributed by atoms with Crippen LogP contribution in [0.15, 0.2) is 10.4 Å². The Hall–Kier alpha value is 0.299. The van der Waals surface area contributed by atoms with E-state index in [1.807, 2.05) is 6.92 Å². The zero-order valence-corrected chi connectivity index (χ0v) is 10.2. The average molecular weight is 262 g/mol. The van der Waals surface area contributed by atoms with E-state index < -0.39 is 21.1 Å². The van der Waals surface area contributed by atoms with Crippen LogP contribution < -0.4 is 5.73 Å². The fourth-order valence-corrected chi connectivity index (χ4v) is 3.87. The summed E-state index contributed by atoms with van der Waals surface area (Å²) in [5.74, 6) is 0. The summed E-state index contributed by atoms with van der Waals surface area (Å²) in [6.07, 6.45) is 2.29. The third kappa shape index (κ3) is 6.69. The van der Waals surface area contributed by atoms with Crippen LogP contribution in [0, 0.1) is 0 Å². The van der Waals surface area contributed by atoms with Crippen molar-refractivity contribution in [2.24, 2.45) is 5.73 Å². The van der Waals surface area contributed by atoms with Crippen LogP contribution in [0.2, 0.25) is 0 Å². The first-order valence-electron chi connectivity index (χ1n) is 4.04. The van der Waals surface area contributed by atoms with Gasteiger partial charge in [0, 0.05) is 0 Å². The molecule has 0 fully saturated rings. The molecule has 0 spiro atoms. The summed E-state index contributed by atoms with van der Waals surface area (Å²) in [6.45, 7) is 8.71. The minimum absolute atomic E-state index is 0.391. The van der Waals surface area contributed by atoms with Crippen molar-refractivity contribution in [1.82, 2.24) is 0 Å². The number of hydrogen-bond donors (Lipinski definition) is 1. The molecule has 0 heterocycles. The molecule has 1 unspecified atom stereocenters. The first-order chi connectivity index (χ1) is 5.20. The van der Waals surface area contributed by atoms with E-state index in [4.69, 9.17) is 10.5 Å². The predicted molar refractivity (Wildman–Crippen MR) is 49.4 cm³/mol. The monoisotopic (exact) mass is 263 g/mol. The van der Waals surface area contributed by atoms with Crippen molar-refractivity contribution in [3.8, 4) is 0 Å². The normalized spacial score (nSPS) is 12.6. The first-order valence-corrected chi connectivity index (χ1v) is 7.12. The average Bonchev–Trinajstić information content (AvgIpc) is 1.87. The molecule has 0 bridgehead atoms. The first kappa shape index (κ1) is 11.3. The molecule has 0 rings (SSSR count). The molecule has 11 heavy (non-hydrogen) atoms. The summed E-state index contributed by atoms with van der Waals surface area (Å²) in [5.41, 5.74) is 5.85. The zero-order chi connectivity index (χ0) is 8.69. The topological polar surface area (TPSA) is 35.2 Å². The van der Waals surface area contributed by atoms with Crippen LogP contribution >= 0.6 is 0 Å². The quantitative estimate of drug-likeness (QED) is 0.578. The Morgan fingerprint density at radius 3 is 2.73 bits per heavy atom. The van der Waals surface area contributed by atoms with Gasteiger partial charge in [0.25, 0.3) is 0 Å². The van der Waals surface area contributed by atoms with E-state index in [0.717, 1.165) is 16.8 Å². The van der Waals surface area contributed by atoms with E-state index in [9.17, 15) is 0 Å². The molecule has 3 heteroatoms. The van der Waals surface area contributed by atoms with Crippen LogP contribution in [0.1, 0.15) is 26.7 Å². The molecule has 0 aliphatic heterocycles. The second-order valence-electron chi connectivity index (χ2n) is 2.40. The maximum absolute atomic E-state index is 5.85. The fourth-order valence-electron chi connectivity index (χ4n) is 0.806. The van der Waals surface area contributed by atoms with Crippen LogP contribution in [0.4, 0.5) is 0 Å². The van der Waals surface area contributed by atoms with Crippen molar-refractivity contribution in [3.05, 3.63) is 10.4 Å². The summed E-state index contributed by atoms with van der Waals surface area (Å²) >= 11 is -0.668. The number of hydrogen-bond acceptors (Lipinski definition) is 2. The van der Waals surface area contributed by atoms with Crippen molar-refractivity contribution < 1.29 is 4.74 Å². The molecule has 0 aromatic rings. The van der Waals surface area contributed by atoms with Gasteiger partial charge in [-0.05, 0) is 0 Å². The number of ether oxygens (including phenoxy) is 1. The summed E-state index contributed by atoms with van der Waals surface area (Å²) in [6, 6.07) is 0. The Morgan fingerprint density at radius 2 is 2.27 bits per heavy atom. The SMILES string of the molecule is C=[C](OCC)[Sn][CH](N)CCC. The molecule has 0 amide bonds. The van der Waals surface area contributed by atoms with Gasteiger partial charge in [-0.25, -0.2) is 0 Å². The molecule has 64 valence electrons. The van der Waals surface area contributed by atoms with Gasteiger partial charge in [0.05, 0.1) is 0 Å². The van der Waals surface area contributed by atoms with Crippen LogP contribution in [-0.4, -0.2) is 31.8 Å².